The number of nitrogens with one attached hydrogen (secondary N) is 1. The van der Waals surface area contributed by atoms with Crippen LogP contribution < -0.4 is 16.2 Å². The van der Waals surface area contributed by atoms with Gasteiger partial charge in [0.25, 0.3) is 0 Å². The van der Waals surface area contributed by atoms with E-state index >= 15 is 0 Å². The smallest absolute Gasteiger partial charge is 0.198 e. The fraction of sp³-hybridized carbons (Fsp3) is 0.0222. The number of anilines is 2. The third kappa shape index (κ3) is 4.45. The molecular formula is C45H31BN2O. The number of nitrogens with zero attached hydrogens (tertiary/aromatic N) is 1. The quantitative estimate of drug-likeness (QED) is 0.193. The molecule has 7 aromatic carbocycles. The zero-order valence-corrected chi connectivity index (χ0v) is 27.1. The van der Waals surface area contributed by atoms with E-state index in [1.54, 1.807) is 0 Å². The zero-order chi connectivity index (χ0) is 32.5. The minimum absolute atomic E-state index is 0.794. The maximum Gasteiger partial charge on any atom is 0.198 e. The highest BCUT2D eigenvalue weighted by Gasteiger charge is 2.29. The van der Waals surface area contributed by atoms with Crippen molar-refractivity contribution in [3.05, 3.63) is 163 Å². The van der Waals surface area contributed by atoms with Crippen LogP contribution in [0.15, 0.2) is 162 Å². The lowest BCUT2D eigenvalue weighted by Gasteiger charge is -2.25. The maximum absolute atomic E-state index is 6.52. The third-order valence-corrected chi connectivity index (χ3v) is 10.1. The van der Waals surface area contributed by atoms with Crippen LogP contribution in [0.3, 0.4) is 0 Å². The Kier molecular flexibility index (Phi) is 6.19. The Labute approximate surface area is 285 Å². The van der Waals surface area contributed by atoms with Gasteiger partial charge in [-0.25, -0.2) is 0 Å². The lowest BCUT2D eigenvalue weighted by Crippen LogP contribution is -2.37. The fourth-order valence-corrected chi connectivity index (χ4v) is 7.77. The van der Waals surface area contributed by atoms with Gasteiger partial charge in [-0.2, -0.15) is 0 Å². The van der Waals surface area contributed by atoms with Crippen molar-refractivity contribution in [3.8, 4) is 39.3 Å². The Hall–Kier alpha value is -6.26. The molecule has 0 unspecified atom stereocenters. The fourth-order valence-electron chi connectivity index (χ4n) is 7.77. The van der Waals surface area contributed by atoms with Gasteiger partial charge in [-0.1, -0.05) is 120 Å². The van der Waals surface area contributed by atoms with Crippen LogP contribution in [0.2, 0.25) is 0 Å². The summed E-state index contributed by atoms with van der Waals surface area (Å²) in [4.78, 5) is 0. The molecule has 0 amide bonds. The topological polar surface area (TPSA) is 30.1 Å². The normalized spacial score (nSPS) is 11.9. The number of aryl methyl sites for hydroxylation is 1. The largest absolute Gasteiger partial charge is 0.456 e. The van der Waals surface area contributed by atoms with E-state index < -0.39 is 0 Å². The van der Waals surface area contributed by atoms with Crippen LogP contribution in [0.1, 0.15) is 5.56 Å². The van der Waals surface area contributed by atoms with Crippen molar-refractivity contribution in [1.82, 2.24) is 4.57 Å². The molecule has 0 aliphatic carbocycles. The molecule has 9 aromatic rings. The molecule has 0 radical (unpaired) electrons. The number of hydrogen-bond donors (Lipinski definition) is 1. The minimum Gasteiger partial charge on any atom is -0.456 e. The Morgan fingerprint density at radius 2 is 1.33 bits per heavy atom. The summed E-state index contributed by atoms with van der Waals surface area (Å²) in [5, 5.41) is 7.43. The lowest BCUT2D eigenvalue weighted by atomic mass is 9.58. The number of fused-ring (bicyclic) bond motifs is 6. The standard InChI is InChI=1S/C45H31BN2O/c1-28-20-22-32(23-21-28)47-38-18-10-8-16-33(38)36-26-35(29-12-4-2-5-13-29)43-34-17-9-11-19-39(34)48-40-24-31-25-41(30-14-6-3-7-15-30)49-42(31)27-37(40)46-44(36)45(43)48/h2-27,46-47H,1H3. The molecule has 49 heavy (non-hydrogen) atoms. The second-order valence-corrected chi connectivity index (χ2v) is 13.1. The van der Waals surface area contributed by atoms with Gasteiger partial charge in [-0.3, -0.25) is 0 Å². The summed E-state index contributed by atoms with van der Waals surface area (Å²) >= 11 is 0. The predicted octanol–water partition coefficient (Wildman–Crippen LogP) is 10.3. The summed E-state index contributed by atoms with van der Waals surface area (Å²) in [6, 6.07) is 56.7. The SMILES string of the molecule is Cc1ccc(Nc2ccccc2-c2cc(-c3ccccc3)c3c4ccccc4n4c3c2Bc2cc3oc(-c5ccccc5)cc3cc2-4)cc1. The molecule has 3 heterocycles. The summed E-state index contributed by atoms with van der Waals surface area (Å²) in [5.74, 6) is 0.890. The molecule has 0 fully saturated rings. The number of aromatic nitrogens is 1. The van der Waals surface area contributed by atoms with E-state index in [-0.39, 0.29) is 0 Å². The van der Waals surface area contributed by atoms with E-state index in [4.69, 9.17) is 4.42 Å². The summed E-state index contributed by atoms with van der Waals surface area (Å²) in [6.07, 6.45) is 0. The van der Waals surface area contributed by atoms with Gasteiger partial charge in [-0.05, 0) is 77.6 Å². The first-order chi connectivity index (χ1) is 24.2. The third-order valence-electron chi connectivity index (χ3n) is 10.1. The first-order valence-electron chi connectivity index (χ1n) is 16.9. The van der Waals surface area contributed by atoms with Gasteiger partial charge < -0.3 is 14.3 Å². The van der Waals surface area contributed by atoms with Crippen LogP contribution >= 0.6 is 0 Å². The monoisotopic (exact) mass is 626 g/mol. The summed E-state index contributed by atoms with van der Waals surface area (Å²) in [7, 11) is 0.794. The van der Waals surface area contributed by atoms with Crippen molar-refractivity contribution in [1.29, 1.82) is 0 Å². The molecule has 2 aromatic heterocycles. The van der Waals surface area contributed by atoms with Crippen LogP contribution in [0.4, 0.5) is 11.4 Å². The van der Waals surface area contributed by atoms with Crippen LogP contribution in [0.25, 0.3) is 72.0 Å². The number of hydrogen-bond acceptors (Lipinski definition) is 2. The number of furan rings is 1. The molecule has 0 saturated heterocycles. The van der Waals surface area contributed by atoms with E-state index in [0.717, 1.165) is 40.9 Å². The summed E-state index contributed by atoms with van der Waals surface area (Å²) in [5.41, 5.74) is 16.6. The highest BCUT2D eigenvalue weighted by molar-refractivity contribution is 6.74. The van der Waals surface area contributed by atoms with Crippen LogP contribution in [0, 0.1) is 6.92 Å². The maximum atomic E-state index is 6.52. The molecule has 0 atom stereocenters. The van der Waals surface area contributed by atoms with Crippen LogP contribution in [0.5, 0.6) is 0 Å². The average Bonchev–Trinajstić information content (AvgIpc) is 3.73. The van der Waals surface area contributed by atoms with Gasteiger partial charge >= 0.3 is 0 Å². The molecule has 0 spiro atoms. The van der Waals surface area contributed by atoms with Crippen LogP contribution in [-0.2, 0) is 0 Å². The molecule has 4 heteroatoms. The second kappa shape index (κ2) is 10.9. The van der Waals surface area contributed by atoms with Crippen molar-refractivity contribution in [2.75, 3.05) is 5.32 Å². The van der Waals surface area contributed by atoms with Gasteiger partial charge in [0.15, 0.2) is 7.28 Å². The molecule has 0 saturated carbocycles. The molecule has 10 rings (SSSR count). The lowest BCUT2D eigenvalue weighted by molar-refractivity contribution is 0.632. The van der Waals surface area contributed by atoms with Gasteiger partial charge in [0, 0.05) is 49.9 Å². The first kappa shape index (κ1) is 27.8. The summed E-state index contributed by atoms with van der Waals surface area (Å²) in [6.45, 7) is 2.12. The van der Waals surface area contributed by atoms with Crippen molar-refractivity contribution >= 4 is 62.4 Å². The predicted molar refractivity (Wildman–Crippen MR) is 208 cm³/mol. The highest BCUT2D eigenvalue weighted by Crippen LogP contribution is 2.43. The summed E-state index contributed by atoms with van der Waals surface area (Å²) < 4.78 is 9.03. The van der Waals surface area contributed by atoms with E-state index in [2.05, 4.69) is 168 Å². The van der Waals surface area contributed by atoms with Gasteiger partial charge in [0.1, 0.15) is 11.3 Å². The average molecular weight is 627 g/mol. The molecule has 1 aliphatic heterocycles. The number of para-hydroxylation sites is 2. The van der Waals surface area contributed by atoms with Crippen molar-refractivity contribution in [2.24, 2.45) is 0 Å². The van der Waals surface area contributed by atoms with Crippen LogP contribution in [-0.4, -0.2) is 11.8 Å². The minimum atomic E-state index is 0.794. The Morgan fingerprint density at radius 3 is 2.14 bits per heavy atom. The van der Waals surface area contributed by atoms with Crippen molar-refractivity contribution < 1.29 is 4.42 Å². The molecule has 1 N–H and O–H groups in total. The van der Waals surface area contributed by atoms with E-state index in [1.807, 2.05) is 6.07 Å². The second-order valence-electron chi connectivity index (χ2n) is 13.1. The van der Waals surface area contributed by atoms with Gasteiger partial charge in [0.2, 0.25) is 0 Å². The Bertz CT molecular complexity index is 2710. The van der Waals surface area contributed by atoms with E-state index in [1.165, 1.54) is 66.2 Å². The van der Waals surface area contributed by atoms with Gasteiger partial charge in [0.05, 0.1) is 5.52 Å². The van der Waals surface area contributed by atoms with Gasteiger partial charge in [-0.15, -0.1) is 0 Å². The molecule has 3 nitrogen and oxygen atoms in total. The van der Waals surface area contributed by atoms with Crippen molar-refractivity contribution in [3.63, 3.8) is 0 Å². The Morgan fingerprint density at radius 1 is 0.612 bits per heavy atom. The van der Waals surface area contributed by atoms with Crippen molar-refractivity contribution in [2.45, 2.75) is 6.92 Å². The van der Waals surface area contributed by atoms with E-state index in [0.29, 0.717) is 0 Å². The number of rotatable bonds is 5. The Balaban J connectivity index is 1.28. The molecule has 230 valence electrons. The number of benzene rings is 7. The van der Waals surface area contributed by atoms with E-state index in [9.17, 15) is 0 Å². The zero-order valence-electron chi connectivity index (χ0n) is 27.1. The molecule has 0 bridgehead atoms. The molecular weight excluding hydrogens is 595 g/mol. The first-order valence-corrected chi connectivity index (χ1v) is 16.9. The highest BCUT2D eigenvalue weighted by atomic mass is 16.3. The molecule has 1 aliphatic rings.